The van der Waals surface area contributed by atoms with Crippen LogP contribution in [0.25, 0.3) is 0 Å². The van der Waals surface area contributed by atoms with Crippen molar-refractivity contribution in [2.24, 2.45) is 0 Å². The van der Waals surface area contributed by atoms with Gasteiger partial charge in [-0.25, -0.2) is 0 Å². The van der Waals surface area contributed by atoms with Gasteiger partial charge in [0, 0.05) is 0 Å². The molecule has 0 unspecified atom stereocenters. The van der Waals surface area contributed by atoms with Crippen molar-refractivity contribution in [3.05, 3.63) is 0 Å². The van der Waals surface area contributed by atoms with Crippen LogP contribution in [-0.4, -0.2) is 21.9 Å². The maximum atomic E-state index is 10.8. The van der Waals surface area contributed by atoms with Gasteiger partial charge in [-0.15, -0.1) is 0 Å². The van der Waals surface area contributed by atoms with Gasteiger partial charge in [0.05, 0.1) is 0 Å². The monoisotopic (exact) mass is 257 g/mol. The summed E-state index contributed by atoms with van der Waals surface area (Å²) in [5, 5.41) is 0. The zero-order valence-corrected chi connectivity index (χ0v) is 8.68. The number of halogens is 1. The van der Waals surface area contributed by atoms with Crippen molar-refractivity contribution in [2.75, 3.05) is 16.0 Å². The van der Waals surface area contributed by atoms with Crippen molar-refractivity contribution in [3.8, 4) is 0 Å². The first kappa shape index (κ1) is 10.2. The van der Waals surface area contributed by atoms with Gasteiger partial charge in [-0.05, 0) is 0 Å². The molecule has 0 radical (unpaired) electrons. The van der Waals surface area contributed by atoms with E-state index in [9.17, 15) is 4.79 Å². The molecule has 0 aliphatic heterocycles. The van der Waals surface area contributed by atoms with Crippen molar-refractivity contribution >= 4 is 5.97 Å². The molecule has 0 fully saturated rings. The summed E-state index contributed by atoms with van der Waals surface area (Å²) in [4.78, 5) is 12.9. The average molecular weight is 257 g/mol. The summed E-state index contributed by atoms with van der Waals surface area (Å²) < 4.78 is 5.93. The first-order valence-electron chi connectivity index (χ1n) is 3.40. The maximum absolute atomic E-state index is 10.8. The molecule has 0 aromatic rings. The third-order valence-corrected chi connectivity index (χ3v) is 2.57. The summed E-state index contributed by atoms with van der Waals surface area (Å²) in [6.07, 6.45) is 1.55. The molecule has 0 aliphatic carbocycles. The summed E-state index contributed by atoms with van der Waals surface area (Å²) >= 11 is 0.257. The van der Waals surface area contributed by atoms with Crippen LogP contribution in [0.15, 0.2) is 0 Å². The molecular weight excluding hydrogens is 243 g/mol. The molecule has 0 aliphatic rings. The van der Waals surface area contributed by atoms with Crippen LogP contribution in [0.4, 0.5) is 0 Å². The second-order valence-electron chi connectivity index (χ2n) is 1.93. The van der Waals surface area contributed by atoms with Crippen LogP contribution in [0, 0.1) is 0 Å². The Bertz CT molecular complexity index is 83.6. The number of esters is 1. The Hall–Kier alpha value is 0.200. The molecule has 10 heavy (non-hydrogen) atoms. The minimum absolute atomic E-state index is 0.0246. The SMILES string of the molecule is CCCOC(=O)CC[I-]C. The van der Waals surface area contributed by atoms with Gasteiger partial charge in [0.25, 0.3) is 0 Å². The Morgan fingerprint density at radius 1 is 1.60 bits per heavy atom. The molecule has 0 aromatic carbocycles. The zero-order valence-electron chi connectivity index (χ0n) is 6.52. The van der Waals surface area contributed by atoms with Gasteiger partial charge >= 0.3 is 72.4 Å². The molecule has 0 saturated heterocycles. The molecule has 0 amide bonds. The number of carbonyl (C=O) groups is 1. The Kier molecular flexibility index (Phi) is 7.45. The van der Waals surface area contributed by atoms with E-state index in [2.05, 4.69) is 4.93 Å². The van der Waals surface area contributed by atoms with Crippen LogP contribution in [0.5, 0.6) is 0 Å². The number of carbonyl (C=O) groups excluding carboxylic acids is 1. The fourth-order valence-electron chi connectivity index (χ4n) is 0.460. The first-order valence-corrected chi connectivity index (χ1v) is 7.09. The molecule has 2 nitrogen and oxygen atoms in total. The quantitative estimate of drug-likeness (QED) is 0.325. The van der Waals surface area contributed by atoms with Crippen LogP contribution < -0.4 is 21.2 Å². The number of rotatable bonds is 5. The van der Waals surface area contributed by atoms with Crippen molar-refractivity contribution in [2.45, 2.75) is 19.8 Å². The Morgan fingerprint density at radius 3 is 2.80 bits per heavy atom. The number of alkyl halides is 2. The summed E-state index contributed by atoms with van der Waals surface area (Å²) in [7, 11) is 0. The fraction of sp³-hybridized carbons (Fsp3) is 0.857. The Balaban J connectivity index is 3.09. The fourth-order valence-corrected chi connectivity index (χ4v) is 1.44. The molecule has 0 saturated carbocycles. The van der Waals surface area contributed by atoms with Crippen molar-refractivity contribution < 1.29 is 30.7 Å². The van der Waals surface area contributed by atoms with Gasteiger partial charge < -0.3 is 0 Å². The van der Waals surface area contributed by atoms with Crippen molar-refractivity contribution in [1.29, 1.82) is 0 Å². The Morgan fingerprint density at radius 2 is 2.30 bits per heavy atom. The molecule has 0 rings (SSSR count). The van der Waals surface area contributed by atoms with E-state index in [1.807, 2.05) is 6.92 Å². The van der Waals surface area contributed by atoms with Crippen LogP contribution >= 0.6 is 0 Å². The van der Waals surface area contributed by atoms with Gasteiger partial charge in [-0.2, -0.15) is 0 Å². The molecule has 0 spiro atoms. The molecular formula is C7H14IO2-. The normalized spacial score (nSPS) is 9.80. The molecule has 62 valence electrons. The van der Waals surface area contributed by atoms with Crippen LogP contribution in [-0.2, 0) is 9.53 Å². The molecule has 3 heteroatoms. The van der Waals surface area contributed by atoms with E-state index in [1.54, 1.807) is 0 Å². The number of ether oxygens (including phenoxy) is 1. The van der Waals surface area contributed by atoms with Gasteiger partial charge in [0.1, 0.15) is 0 Å². The van der Waals surface area contributed by atoms with E-state index in [1.165, 1.54) is 0 Å². The molecule has 0 N–H and O–H groups in total. The van der Waals surface area contributed by atoms with Gasteiger partial charge in [-0.3, -0.25) is 0 Å². The summed E-state index contributed by atoms with van der Waals surface area (Å²) in [6, 6.07) is 0. The van der Waals surface area contributed by atoms with Crippen molar-refractivity contribution in [1.82, 2.24) is 0 Å². The third kappa shape index (κ3) is 6.32. The van der Waals surface area contributed by atoms with E-state index >= 15 is 0 Å². The second kappa shape index (κ2) is 7.31. The predicted octanol–water partition coefficient (Wildman–Crippen LogP) is -1.95. The average Bonchev–Trinajstić information content (AvgIpc) is 1.97. The first-order chi connectivity index (χ1) is 4.81. The van der Waals surface area contributed by atoms with E-state index in [0.29, 0.717) is 13.0 Å². The minimum atomic E-state index is -0.0246. The number of hydrogen-bond acceptors (Lipinski definition) is 2. The molecule has 0 atom stereocenters. The van der Waals surface area contributed by atoms with Gasteiger partial charge in [0.2, 0.25) is 0 Å². The predicted molar refractivity (Wildman–Crippen MR) is 36.7 cm³/mol. The van der Waals surface area contributed by atoms with Gasteiger partial charge in [0.15, 0.2) is 0 Å². The Labute approximate surface area is 72.6 Å². The summed E-state index contributed by atoms with van der Waals surface area (Å²) in [5.74, 6) is -0.0246. The van der Waals surface area contributed by atoms with E-state index in [0.717, 1.165) is 10.8 Å². The van der Waals surface area contributed by atoms with E-state index < -0.39 is 0 Å². The third-order valence-electron chi connectivity index (χ3n) is 0.955. The molecule has 0 aromatic heterocycles. The van der Waals surface area contributed by atoms with E-state index in [4.69, 9.17) is 4.74 Å². The summed E-state index contributed by atoms with van der Waals surface area (Å²) in [6.45, 7) is 2.58. The number of hydrogen-bond donors (Lipinski definition) is 0. The van der Waals surface area contributed by atoms with Gasteiger partial charge in [-0.1, -0.05) is 0 Å². The topological polar surface area (TPSA) is 26.3 Å². The van der Waals surface area contributed by atoms with Crippen LogP contribution in [0.1, 0.15) is 19.8 Å². The van der Waals surface area contributed by atoms with Crippen LogP contribution in [0.2, 0.25) is 0 Å². The van der Waals surface area contributed by atoms with Crippen LogP contribution in [0.3, 0.4) is 0 Å². The standard InChI is InChI=1S/C7H14IO2/c1-3-6-10-7(9)4-5-8-2/h3-6H2,1-2H3/q-1. The zero-order chi connectivity index (χ0) is 7.82. The molecule has 0 heterocycles. The van der Waals surface area contributed by atoms with Crippen molar-refractivity contribution in [3.63, 3.8) is 0 Å². The second-order valence-corrected chi connectivity index (χ2v) is 4.53. The summed E-state index contributed by atoms with van der Waals surface area (Å²) in [5.41, 5.74) is 0. The molecule has 0 bridgehead atoms. The van der Waals surface area contributed by atoms with E-state index in [-0.39, 0.29) is 27.2 Å².